The molecular weight excluding hydrogens is 306 g/mol. The van der Waals surface area contributed by atoms with Crippen LogP contribution in [0.15, 0.2) is 24.3 Å². The van der Waals surface area contributed by atoms with Crippen molar-refractivity contribution in [3.63, 3.8) is 0 Å². The van der Waals surface area contributed by atoms with Crippen LogP contribution in [-0.2, 0) is 9.53 Å². The highest BCUT2D eigenvalue weighted by Crippen LogP contribution is 2.25. The number of nitrogens with zero attached hydrogens (tertiary/aromatic N) is 1. The molecule has 21 heavy (non-hydrogen) atoms. The van der Waals surface area contributed by atoms with Gasteiger partial charge in [0.1, 0.15) is 6.10 Å². The summed E-state index contributed by atoms with van der Waals surface area (Å²) >= 11 is 7.85. The van der Waals surface area contributed by atoms with Crippen LogP contribution in [0.1, 0.15) is 30.9 Å². The second-order valence-corrected chi connectivity index (χ2v) is 6.63. The molecule has 0 radical (unpaired) electrons. The van der Waals surface area contributed by atoms with Gasteiger partial charge in [-0.2, -0.15) is 11.8 Å². The SMILES string of the molecule is CSCCCCC(=O)N1CCO[C@H](c2cccc(Cl)c2)C1. The fourth-order valence-corrected chi connectivity index (χ4v) is 3.16. The number of ether oxygens (including phenoxy) is 1. The first kappa shape index (κ1) is 16.7. The predicted octanol–water partition coefficient (Wildman–Crippen LogP) is 3.77. The third-order valence-corrected chi connectivity index (χ3v) is 4.56. The molecule has 1 atom stereocenters. The van der Waals surface area contributed by atoms with Crippen molar-refractivity contribution in [1.82, 2.24) is 4.90 Å². The number of morpholine rings is 1. The molecule has 1 saturated heterocycles. The van der Waals surface area contributed by atoms with Crippen LogP contribution in [0.3, 0.4) is 0 Å². The van der Waals surface area contributed by atoms with Crippen molar-refractivity contribution in [3.8, 4) is 0 Å². The Labute approximate surface area is 136 Å². The number of carbonyl (C=O) groups is 1. The Morgan fingerprint density at radius 2 is 2.33 bits per heavy atom. The highest BCUT2D eigenvalue weighted by molar-refractivity contribution is 7.98. The minimum absolute atomic E-state index is 0.0624. The van der Waals surface area contributed by atoms with Crippen molar-refractivity contribution in [3.05, 3.63) is 34.9 Å². The van der Waals surface area contributed by atoms with Gasteiger partial charge in [-0.15, -0.1) is 0 Å². The molecule has 0 spiro atoms. The van der Waals surface area contributed by atoms with Gasteiger partial charge in [-0.05, 0) is 42.5 Å². The second-order valence-electron chi connectivity index (χ2n) is 5.20. The molecule has 0 bridgehead atoms. The lowest BCUT2D eigenvalue weighted by Gasteiger charge is -2.33. The Morgan fingerprint density at radius 3 is 3.10 bits per heavy atom. The van der Waals surface area contributed by atoms with E-state index in [4.69, 9.17) is 16.3 Å². The molecule has 1 aromatic carbocycles. The minimum Gasteiger partial charge on any atom is -0.370 e. The number of benzene rings is 1. The molecule has 0 saturated carbocycles. The maximum absolute atomic E-state index is 12.2. The molecule has 116 valence electrons. The number of amides is 1. The van der Waals surface area contributed by atoms with Crippen LogP contribution >= 0.6 is 23.4 Å². The molecule has 0 aromatic heterocycles. The van der Waals surface area contributed by atoms with Gasteiger partial charge in [0.15, 0.2) is 0 Å². The van der Waals surface area contributed by atoms with Gasteiger partial charge in [-0.1, -0.05) is 23.7 Å². The zero-order valence-corrected chi connectivity index (χ0v) is 14.0. The van der Waals surface area contributed by atoms with E-state index < -0.39 is 0 Å². The maximum atomic E-state index is 12.2. The van der Waals surface area contributed by atoms with Crippen LogP contribution in [0.4, 0.5) is 0 Å². The number of hydrogen-bond donors (Lipinski definition) is 0. The number of hydrogen-bond acceptors (Lipinski definition) is 3. The Bertz CT molecular complexity index is 469. The van der Waals surface area contributed by atoms with Gasteiger partial charge in [0.05, 0.1) is 13.2 Å². The molecule has 1 heterocycles. The van der Waals surface area contributed by atoms with E-state index in [0.29, 0.717) is 31.1 Å². The van der Waals surface area contributed by atoms with Crippen molar-refractivity contribution >= 4 is 29.3 Å². The Kier molecular flexibility index (Phi) is 6.87. The summed E-state index contributed by atoms with van der Waals surface area (Å²) < 4.78 is 5.79. The van der Waals surface area contributed by atoms with E-state index in [-0.39, 0.29) is 12.0 Å². The number of carbonyl (C=O) groups excluding carboxylic acids is 1. The van der Waals surface area contributed by atoms with Crippen molar-refractivity contribution in [2.75, 3.05) is 31.7 Å². The van der Waals surface area contributed by atoms with Crippen LogP contribution in [0, 0.1) is 0 Å². The monoisotopic (exact) mass is 327 g/mol. The average molecular weight is 328 g/mol. The van der Waals surface area contributed by atoms with Crippen LogP contribution < -0.4 is 0 Å². The summed E-state index contributed by atoms with van der Waals surface area (Å²) in [5, 5.41) is 0.705. The van der Waals surface area contributed by atoms with Crippen LogP contribution in [0.5, 0.6) is 0 Å². The zero-order chi connectivity index (χ0) is 15.1. The standard InChI is InChI=1S/C16H22ClNO2S/c1-21-10-3-2-7-16(19)18-8-9-20-15(12-18)13-5-4-6-14(17)11-13/h4-6,11,15H,2-3,7-10,12H2,1H3/t15-/m0/s1. The van der Waals surface area contributed by atoms with Gasteiger partial charge >= 0.3 is 0 Å². The van der Waals surface area contributed by atoms with E-state index in [1.54, 1.807) is 0 Å². The summed E-state index contributed by atoms with van der Waals surface area (Å²) in [4.78, 5) is 14.2. The van der Waals surface area contributed by atoms with E-state index >= 15 is 0 Å². The molecule has 0 N–H and O–H groups in total. The highest BCUT2D eigenvalue weighted by Gasteiger charge is 2.25. The summed E-state index contributed by atoms with van der Waals surface area (Å²) in [6.07, 6.45) is 4.75. The largest absolute Gasteiger partial charge is 0.370 e. The number of halogens is 1. The lowest BCUT2D eigenvalue weighted by molar-refractivity contribution is -0.139. The quantitative estimate of drug-likeness (QED) is 0.745. The summed E-state index contributed by atoms with van der Waals surface area (Å²) in [5.74, 6) is 1.37. The lowest BCUT2D eigenvalue weighted by atomic mass is 10.1. The van der Waals surface area contributed by atoms with E-state index in [0.717, 1.165) is 24.2 Å². The molecule has 1 aromatic rings. The molecule has 3 nitrogen and oxygen atoms in total. The van der Waals surface area contributed by atoms with E-state index in [2.05, 4.69) is 6.26 Å². The molecule has 1 aliphatic heterocycles. The summed E-state index contributed by atoms with van der Waals surface area (Å²) in [5.41, 5.74) is 1.04. The molecular formula is C16H22ClNO2S. The normalized spacial score (nSPS) is 18.8. The molecule has 1 fully saturated rings. The first-order valence-corrected chi connectivity index (χ1v) is 9.11. The third-order valence-electron chi connectivity index (χ3n) is 3.63. The summed E-state index contributed by atoms with van der Waals surface area (Å²) in [6, 6.07) is 7.69. The minimum atomic E-state index is -0.0624. The van der Waals surface area contributed by atoms with Crippen molar-refractivity contribution < 1.29 is 9.53 Å². The molecule has 5 heteroatoms. The predicted molar refractivity (Wildman–Crippen MR) is 89.0 cm³/mol. The van der Waals surface area contributed by atoms with Gasteiger partial charge < -0.3 is 9.64 Å². The van der Waals surface area contributed by atoms with Gasteiger partial charge in [-0.3, -0.25) is 4.79 Å². The fraction of sp³-hybridized carbons (Fsp3) is 0.562. The van der Waals surface area contributed by atoms with Gasteiger partial charge in [-0.25, -0.2) is 0 Å². The van der Waals surface area contributed by atoms with Crippen LogP contribution in [0.25, 0.3) is 0 Å². The van der Waals surface area contributed by atoms with Gasteiger partial charge in [0.25, 0.3) is 0 Å². The third kappa shape index (κ3) is 5.20. The van der Waals surface area contributed by atoms with E-state index in [1.807, 2.05) is 40.9 Å². The smallest absolute Gasteiger partial charge is 0.222 e. The highest BCUT2D eigenvalue weighted by atomic mass is 35.5. The first-order chi connectivity index (χ1) is 10.2. The number of thioether (sulfide) groups is 1. The Morgan fingerprint density at radius 1 is 1.48 bits per heavy atom. The molecule has 2 rings (SSSR count). The number of unbranched alkanes of at least 4 members (excludes halogenated alkanes) is 1. The number of rotatable bonds is 6. The average Bonchev–Trinajstić information content (AvgIpc) is 2.51. The summed E-state index contributed by atoms with van der Waals surface area (Å²) in [7, 11) is 0. The molecule has 0 aliphatic carbocycles. The van der Waals surface area contributed by atoms with Crippen molar-refractivity contribution in [2.24, 2.45) is 0 Å². The second kappa shape index (κ2) is 8.66. The van der Waals surface area contributed by atoms with Crippen LogP contribution in [0.2, 0.25) is 5.02 Å². The molecule has 0 unspecified atom stereocenters. The van der Waals surface area contributed by atoms with E-state index in [9.17, 15) is 4.79 Å². The van der Waals surface area contributed by atoms with Crippen molar-refractivity contribution in [2.45, 2.75) is 25.4 Å². The topological polar surface area (TPSA) is 29.5 Å². The van der Waals surface area contributed by atoms with Crippen molar-refractivity contribution in [1.29, 1.82) is 0 Å². The fourth-order valence-electron chi connectivity index (χ4n) is 2.47. The molecule has 1 amide bonds. The van der Waals surface area contributed by atoms with E-state index in [1.165, 1.54) is 0 Å². The van der Waals surface area contributed by atoms with Gasteiger partial charge in [0, 0.05) is 18.0 Å². The van der Waals surface area contributed by atoms with Crippen LogP contribution in [-0.4, -0.2) is 42.5 Å². The maximum Gasteiger partial charge on any atom is 0.222 e. The first-order valence-electron chi connectivity index (χ1n) is 7.34. The lowest BCUT2D eigenvalue weighted by Crippen LogP contribution is -2.42. The Balaban J connectivity index is 1.87. The zero-order valence-electron chi connectivity index (χ0n) is 12.4. The Hall–Kier alpha value is -0.710. The van der Waals surface area contributed by atoms with Gasteiger partial charge in [0.2, 0.25) is 5.91 Å². The summed E-state index contributed by atoms with van der Waals surface area (Å²) in [6.45, 7) is 1.91. The molecule has 1 aliphatic rings.